The van der Waals surface area contributed by atoms with Crippen LogP contribution in [0.1, 0.15) is 39.3 Å². The Balaban J connectivity index is 1.62. The first-order valence-electron chi connectivity index (χ1n) is 11.7. The topological polar surface area (TPSA) is 59.1 Å². The van der Waals surface area contributed by atoms with Crippen molar-refractivity contribution >= 4 is 28.5 Å². The molecule has 178 valence electrons. The minimum Gasteiger partial charge on any atom is -0.444 e. The number of carbonyl (C=O) groups is 2. The third-order valence-electron chi connectivity index (χ3n) is 5.97. The van der Waals surface area contributed by atoms with E-state index in [1.165, 1.54) is 0 Å². The standard InChI is InChI=1S/C28H32N2O4/c1-20(24-16-10-12-21-11-8-9-15-25(21)24)29(27(32)34-28(2,3)4)17-23-18-30(26(31)19-33-23)22-13-6-5-7-14-22/h5-16,20,23H,17-19H2,1-4H3/t20-,23?/m1/s1. The summed E-state index contributed by atoms with van der Waals surface area (Å²) in [6, 6.07) is 23.6. The summed E-state index contributed by atoms with van der Waals surface area (Å²) in [7, 11) is 0. The molecule has 6 heteroatoms. The van der Waals surface area contributed by atoms with Gasteiger partial charge in [0.2, 0.25) is 0 Å². The van der Waals surface area contributed by atoms with E-state index in [4.69, 9.17) is 9.47 Å². The van der Waals surface area contributed by atoms with Crippen molar-refractivity contribution in [3.05, 3.63) is 78.4 Å². The van der Waals surface area contributed by atoms with Crippen LogP contribution in [0.4, 0.5) is 10.5 Å². The smallest absolute Gasteiger partial charge is 0.410 e. The van der Waals surface area contributed by atoms with E-state index in [1.807, 2.05) is 82.3 Å². The van der Waals surface area contributed by atoms with Gasteiger partial charge in [0.05, 0.1) is 25.2 Å². The Labute approximate surface area is 201 Å². The second kappa shape index (κ2) is 9.85. The third-order valence-corrected chi connectivity index (χ3v) is 5.97. The molecule has 3 aromatic carbocycles. The Bertz CT molecular complexity index is 1150. The zero-order valence-corrected chi connectivity index (χ0v) is 20.2. The normalized spacial score (nSPS) is 17.5. The maximum atomic E-state index is 13.4. The molecule has 2 atom stereocenters. The lowest BCUT2D eigenvalue weighted by Crippen LogP contribution is -2.52. The van der Waals surface area contributed by atoms with E-state index in [-0.39, 0.29) is 24.7 Å². The molecule has 0 bridgehead atoms. The largest absolute Gasteiger partial charge is 0.444 e. The van der Waals surface area contributed by atoms with Gasteiger partial charge in [0, 0.05) is 5.69 Å². The summed E-state index contributed by atoms with van der Waals surface area (Å²) < 4.78 is 11.7. The molecule has 0 saturated carbocycles. The molecule has 2 amide bonds. The first kappa shape index (κ1) is 23.8. The molecule has 0 aliphatic carbocycles. The number of amides is 2. The molecule has 0 spiro atoms. The first-order valence-corrected chi connectivity index (χ1v) is 11.7. The number of hydrogen-bond acceptors (Lipinski definition) is 4. The highest BCUT2D eigenvalue weighted by molar-refractivity contribution is 5.95. The van der Waals surface area contributed by atoms with E-state index in [1.54, 1.807) is 9.80 Å². The molecule has 1 unspecified atom stereocenters. The number of benzene rings is 3. The molecule has 1 saturated heterocycles. The molecule has 0 N–H and O–H groups in total. The number of anilines is 1. The highest BCUT2D eigenvalue weighted by Crippen LogP contribution is 2.30. The van der Waals surface area contributed by atoms with Crippen LogP contribution in [0, 0.1) is 0 Å². The Morgan fingerprint density at radius 1 is 1.06 bits per heavy atom. The Morgan fingerprint density at radius 2 is 1.74 bits per heavy atom. The number of fused-ring (bicyclic) bond motifs is 1. The summed E-state index contributed by atoms with van der Waals surface area (Å²) in [5.41, 5.74) is 1.23. The zero-order chi connectivity index (χ0) is 24.3. The van der Waals surface area contributed by atoms with Crippen molar-refractivity contribution < 1.29 is 19.1 Å². The molecule has 1 fully saturated rings. The van der Waals surface area contributed by atoms with Crippen LogP contribution in [0.3, 0.4) is 0 Å². The average Bonchev–Trinajstić information content (AvgIpc) is 2.82. The minimum atomic E-state index is -0.632. The molecule has 1 heterocycles. The lowest BCUT2D eigenvalue weighted by molar-refractivity contribution is -0.130. The molecule has 4 rings (SSSR count). The number of para-hydroxylation sites is 1. The molecule has 34 heavy (non-hydrogen) atoms. The molecule has 6 nitrogen and oxygen atoms in total. The lowest BCUT2D eigenvalue weighted by atomic mass is 9.98. The summed E-state index contributed by atoms with van der Waals surface area (Å²) in [5.74, 6) is -0.0895. The van der Waals surface area contributed by atoms with Crippen molar-refractivity contribution in [2.45, 2.75) is 45.4 Å². The van der Waals surface area contributed by atoms with Gasteiger partial charge in [-0.3, -0.25) is 9.69 Å². The highest BCUT2D eigenvalue weighted by Gasteiger charge is 2.34. The van der Waals surface area contributed by atoms with E-state index >= 15 is 0 Å². The number of hydrogen-bond donors (Lipinski definition) is 0. The summed E-state index contributed by atoms with van der Waals surface area (Å²) in [5, 5.41) is 2.21. The highest BCUT2D eigenvalue weighted by atomic mass is 16.6. The molecule has 3 aromatic rings. The van der Waals surface area contributed by atoms with Gasteiger partial charge in [0.15, 0.2) is 0 Å². The van der Waals surface area contributed by atoms with Gasteiger partial charge < -0.3 is 14.4 Å². The SMILES string of the molecule is C[C@H](c1cccc2ccccc12)N(CC1CN(c2ccccc2)C(=O)CO1)C(=O)OC(C)(C)C. The van der Waals surface area contributed by atoms with Crippen molar-refractivity contribution in [1.29, 1.82) is 0 Å². The van der Waals surface area contributed by atoms with Gasteiger partial charge in [-0.05, 0) is 56.2 Å². The van der Waals surface area contributed by atoms with E-state index in [2.05, 4.69) is 18.2 Å². The quantitative estimate of drug-likeness (QED) is 0.499. The minimum absolute atomic E-state index is 0.0234. The predicted octanol–water partition coefficient (Wildman–Crippen LogP) is 5.57. The number of carbonyl (C=O) groups excluding carboxylic acids is 2. The summed E-state index contributed by atoms with van der Waals surface area (Å²) in [4.78, 5) is 29.4. The maximum absolute atomic E-state index is 13.4. The third kappa shape index (κ3) is 5.39. The fourth-order valence-corrected chi connectivity index (χ4v) is 4.31. The number of nitrogens with zero attached hydrogens (tertiary/aromatic N) is 2. The first-order chi connectivity index (χ1) is 16.2. The Hall–Kier alpha value is -3.38. The monoisotopic (exact) mass is 460 g/mol. The zero-order valence-electron chi connectivity index (χ0n) is 20.2. The molecular weight excluding hydrogens is 428 g/mol. The van der Waals surface area contributed by atoms with E-state index in [0.717, 1.165) is 22.0 Å². The number of morpholine rings is 1. The van der Waals surface area contributed by atoms with Gasteiger partial charge in [-0.15, -0.1) is 0 Å². The Morgan fingerprint density at radius 3 is 2.47 bits per heavy atom. The van der Waals surface area contributed by atoms with Crippen LogP contribution < -0.4 is 4.90 Å². The van der Waals surface area contributed by atoms with Gasteiger partial charge in [-0.2, -0.15) is 0 Å². The summed E-state index contributed by atoms with van der Waals surface area (Å²) in [6.07, 6.45) is -0.748. The summed E-state index contributed by atoms with van der Waals surface area (Å²) >= 11 is 0. The van der Waals surface area contributed by atoms with Gasteiger partial charge in [-0.1, -0.05) is 60.7 Å². The van der Waals surface area contributed by atoms with Crippen molar-refractivity contribution in [2.24, 2.45) is 0 Å². The van der Waals surface area contributed by atoms with E-state index in [9.17, 15) is 9.59 Å². The van der Waals surface area contributed by atoms with Crippen molar-refractivity contribution in [3.63, 3.8) is 0 Å². The molecular formula is C28H32N2O4. The number of ether oxygens (including phenoxy) is 2. The van der Waals surface area contributed by atoms with Crippen LogP contribution in [0.15, 0.2) is 72.8 Å². The van der Waals surface area contributed by atoms with E-state index in [0.29, 0.717) is 13.1 Å². The average molecular weight is 461 g/mol. The van der Waals surface area contributed by atoms with Crippen LogP contribution in [0.5, 0.6) is 0 Å². The van der Waals surface area contributed by atoms with Gasteiger partial charge in [-0.25, -0.2) is 4.79 Å². The van der Waals surface area contributed by atoms with Crippen LogP contribution in [0.2, 0.25) is 0 Å². The predicted molar refractivity (Wildman–Crippen MR) is 134 cm³/mol. The molecule has 0 radical (unpaired) electrons. The molecule has 1 aliphatic rings. The fourth-order valence-electron chi connectivity index (χ4n) is 4.31. The van der Waals surface area contributed by atoms with Crippen molar-refractivity contribution in [2.75, 3.05) is 24.6 Å². The van der Waals surface area contributed by atoms with Crippen LogP contribution in [0.25, 0.3) is 10.8 Å². The Kier molecular flexibility index (Phi) is 6.89. The van der Waals surface area contributed by atoms with Crippen LogP contribution in [-0.2, 0) is 14.3 Å². The van der Waals surface area contributed by atoms with Crippen molar-refractivity contribution in [1.82, 2.24) is 4.90 Å². The maximum Gasteiger partial charge on any atom is 0.410 e. The molecule has 1 aliphatic heterocycles. The fraction of sp³-hybridized carbons (Fsp3) is 0.357. The summed E-state index contributed by atoms with van der Waals surface area (Å²) in [6.45, 7) is 8.23. The lowest BCUT2D eigenvalue weighted by Gasteiger charge is -2.38. The number of rotatable bonds is 5. The second-order valence-corrected chi connectivity index (χ2v) is 9.65. The van der Waals surface area contributed by atoms with Crippen LogP contribution in [-0.4, -0.2) is 48.3 Å². The van der Waals surface area contributed by atoms with Crippen LogP contribution >= 0.6 is 0 Å². The van der Waals surface area contributed by atoms with Gasteiger partial charge in [0.1, 0.15) is 12.2 Å². The second-order valence-electron chi connectivity index (χ2n) is 9.65. The van der Waals surface area contributed by atoms with Gasteiger partial charge >= 0.3 is 6.09 Å². The van der Waals surface area contributed by atoms with Crippen molar-refractivity contribution in [3.8, 4) is 0 Å². The molecule has 0 aromatic heterocycles. The van der Waals surface area contributed by atoms with E-state index < -0.39 is 11.7 Å². The van der Waals surface area contributed by atoms with Gasteiger partial charge in [0.25, 0.3) is 5.91 Å².